The van der Waals surface area contributed by atoms with E-state index in [4.69, 9.17) is 10.8 Å². The first kappa shape index (κ1) is 13.3. The number of amides is 1. The zero-order chi connectivity index (χ0) is 13.9. The van der Waals surface area contributed by atoms with Gasteiger partial charge in [0.2, 0.25) is 0 Å². The number of aliphatic carboxylic acids is 1. The lowest BCUT2D eigenvalue weighted by atomic mass is 9.93. The van der Waals surface area contributed by atoms with Crippen LogP contribution < -0.4 is 11.1 Å². The van der Waals surface area contributed by atoms with E-state index >= 15 is 0 Å². The number of nitrogens with two attached hydrogens (primary N) is 1. The summed E-state index contributed by atoms with van der Waals surface area (Å²) in [6.07, 6.45) is 5.20. The second-order valence-electron chi connectivity index (χ2n) is 4.98. The first-order valence-electron chi connectivity index (χ1n) is 6.27. The van der Waals surface area contributed by atoms with Crippen molar-refractivity contribution >= 4 is 17.6 Å². The molecule has 6 heteroatoms. The number of aromatic nitrogens is 1. The average molecular weight is 263 g/mol. The number of primary amides is 1. The average Bonchev–Trinajstić information content (AvgIpc) is 2.76. The topological polar surface area (TPSA) is 105 Å². The lowest BCUT2D eigenvalue weighted by Crippen LogP contribution is -2.37. The molecule has 1 aromatic rings. The molecule has 1 amide bonds. The van der Waals surface area contributed by atoms with Gasteiger partial charge in [0.1, 0.15) is 5.69 Å². The van der Waals surface area contributed by atoms with Crippen LogP contribution in [0.4, 0.5) is 5.69 Å². The molecule has 1 fully saturated rings. The van der Waals surface area contributed by atoms with Gasteiger partial charge in [-0.05, 0) is 25.0 Å². The van der Waals surface area contributed by atoms with Gasteiger partial charge in [0.15, 0.2) is 0 Å². The highest BCUT2D eigenvalue weighted by atomic mass is 16.4. The van der Waals surface area contributed by atoms with Crippen LogP contribution in [-0.4, -0.2) is 27.5 Å². The molecule has 1 aliphatic rings. The molecule has 0 radical (unpaired) electrons. The van der Waals surface area contributed by atoms with Crippen molar-refractivity contribution in [2.24, 2.45) is 5.73 Å². The SMILES string of the molecule is NC(=O)c1cc(NC2(CC(=O)O)CCCC2)ccn1. The van der Waals surface area contributed by atoms with Crippen LogP contribution in [-0.2, 0) is 4.79 Å². The predicted octanol–water partition coefficient (Wildman–Crippen LogP) is 1.38. The fourth-order valence-corrected chi connectivity index (χ4v) is 2.64. The van der Waals surface area contributed by atoms with Crippen molar-refractivity contribution in [1.29, 1.82) is 0 Å². The number of anilines is 1. The Kier molecular flexibility index (Phi) is 3.69. The molecule has 1 aromatic heterocycles. The smallest absolute Gasteiger partial charge is 0.305 e. The van der Waals surface area contributed by atoms with Crippen LogP contribution in [0.15, 0.2) is 18.3 Å². The van der Waals surface area contributed by atoms with Crippen LogP contribution in [0.1, 0.15) is 42.6 Å². The molecule has 0 spiro atoms. The van der Waals surface area contributed by atoms with Gasteiger partial charge in [-0.15, -0.1) is 0 Å². The van der Waals surface area contributed by atoms with Gasteiger partial charge < -0.3 is 16.2 Å². The van der Waals surface area contributed by atoms with Crippen LogP contribution in [0.25, 0.3) is 0 Å². The Bertz CT molecular complexity index is 496. The van der Waals surface area contributed by atoms with Crippen molar-refractivity contribution in [2.45, 2.75) is 37.6 Å². The van der Waals surface area contributed by atoms with Crippen molar-refractivity contribution in [2.75, 3.05) is 5.32 Å². The molecule has 0 saturated heterocycles. The predicted molar refractivity (Wildman–Crippen MR) is 69.8 cm³/mol. The van der Waals surface area contributed by atoms with Gasteiger partial charge in [0, 0.05) is 17.4 Å². The molecule has 0 aromatic carbocycles. The highest BCUT2D eigenvalue weighted by Crippen LogP contribution is 2.35. The Morgan fingerprint density at radius 1 is 1.42 bits per heavy atom. The number of carboxylic acid groups (broad SMARTS) is 1. The summed E-state index contributed by atoms with van der Waals surface area (Å²) in [7, 11) is 0. The monoisotopic (exact) mass is 263 g/mol. The number of carbonyl (C=O) groups is 2. The lowest BCUT2D eigenvalue weighted by Gasteiger charge is -2.30. The van der Waals surface area contributed by atoms with E-state index in [1.807, 2.05) is 0 Å². The van der Waals surface area contributed by atoms with Crippen LogP contribution >= 0.6 is 0 Å². The normalized spacial score (nSPS) is 17.1. The fourth-order valence-electron chi connectivity index (χ4n) is 2.64. The minimum atomic E-state index is -0.821. The Hall–Kier alpha value is -2.11. The summed E-state index contributed by atoms with van der Waals surface area (Å²) in [5.74, 6) is -1.42. The second kappa shape index (κ2) is 5.26. The summed E-state index contributed by atoms with van der Waals surface area (Å²) in [5.41, 5.74) is 5.61. The molecule has 6 nitrogen and oxygen atoms in total. The van der Waals surface area contributed by atoms with E-state index in [0.29, 0.717) is 5.69 Å². The summed E-state index contributed by atoms with van der Waals surface area (Å²) < 4.78 is 0. The van der Waals surface area contributed by atoms with Crippen molar-refractivity contribution in [1.82, 2.24) is 4.98 Å². The Balaban J connectivity index is 2.19. The minimum Gasteiger partial charge on any atom is -0.481 e. The molecule has 0 aliphatic heterocycles. The van der Waals surface area contributed by atoms with E-state index in [0.717, 1.165) is 25.7 Å². The van der Waals surface area contributed by atoms with Crippen molar-refractivity contribution in [3.63, 3.8) is 0 Å². The van der Waals surface area contributed by atoms with E-state index in [1.54, 1.807) is 12.1 Å². The van der Waals surface area contributed by atoms with E-state index in [2.05, 4.69) is 10.3 Å². The highest BCUT2D eigenvalue weighted by Gasteiger charge is 2.36. The molecule has 0 atom stereocenters. The van der Waals surface area contributed by atoms with Crippen molar-refractivity contribution in [3.05, 3.63) is 24.0 Å². The van der Waals surface area contributed by atoms with Gasteiger partial charge in [0.25, 0.3) is 5.91 Å². The largest absolute Gasteiger partial charge is 0.481 e. The fraction of sp³-hybridized carbons (Fsp3) is 0.462. The van der Waals surface area contributed by atoms with Crippen LogP contribution in [0.3, 0.4) is 0 Å². The van der Waals surface area contributed by atoms with E-state index in [-0.39, 0.29) is 12.1 Å². The van der Waals surface area contributed by atoms with Gasteiger partial charge in [0.05, 0.1) is 6.42 Å². The second-order valence-corrected chi connectivity index (χ2v) is 4.98. The number of hydrogen-bond donors (Lipinski definition) is 3. The van der Waals surface area contributed by atoms with Crippen molar-refractivity contribution < 1.29 is 14.7 Å². The van der Waals surface area contributed by atoms with Gasteiger partial charge >= 0.3 is 5.97 Å². The molecule has 0 unspecified atom stereocenters. The maximum absolute atomic E-state index is 11.1. The van der Waals surface area contributed by atoms with E-state index < -0.39 is 17.4 Å². The molecular weight excluding hydrogens is 246 g/mol. The summed E-state index contributed by atoms with van der Waals surface area (Å²) in [6.45, 7) is 0. The minimum absolute atomic E-state index is 0.0707. The van der Waals surface area contributed by atoms with Gasteiger partial charge in [-0.3, -0.25) is 14.6 Å². The Morgan fingerprint density at radius 2 is 2.11 bits per heavy atom. The van der Waals surface area contributed by atoms with Crippen molar-refractivity contribution in [3.8, 4) is 0 Å². The third-order valence-corrected chi connectivity index (χ3v) is 3.47. The molecule has 102 valence electrons. The summed E-state index contributed by atoms with van der Waals surface area (Å²) >= 11 is 0. The lowest BCUT2D eigenvalue weighted by molar-refractivity contribution is -0.138. The zero-order valence-electron chi connectivity index (χ0n) is 10.6. The van der Waals surface area contributed by atoms with Crippen LogP contribution in [0.2, 0.25) is 0 Å². The Labute approximate surface area is 111 Å². The molecule has 0 bridgehead atoms. The summed E-state index contributed by atoms with van der Waals surface area (Å²) in [5, 5.41) is 12.3. The zero-order valence-corrected chi connectivity index (χ0v) is 10.6. The van der Waals surface area contributed by atoms with E-state index in [9.17, 15) is 9.59 Å². The number of carbonyl (C=O) groups excluding carboxylic acids is 1. The number of pyridine rings is 1. The standard InChI is InChI=1S/C13H17N3O3/c14-12(19)10-7-9(3-6-15-10)16-13(8-11(17)18)4-1-2-5-13/h3,6-7H,1-2,4-5,8H2,(H2,14,19)(H,15,16)(H,17,18). The van der Waals surface area contributed by atoms with E-state index in [1.165, 1.54) is 6.20 Å². The quantitative estimate of drug-likeness (QED) is 0.744. The first-order valence-corrected chi connectivity index (χ1v) is 6.27. The molecule has 1 saturated carbocycles. The maximum Gasteiger partial charge on any atom is 0.305 e. The van der Waals surface area contributed by atoms with Crippen LogP contribution in [0, 0.1) is 0 Å². The number of nitrogens with one attached hydrogen (secondary N) is 1. The first-order chi connectivity index (χ1) is 9.01. The maximum atomic E-state index is 11.1. The van der Waals surface area contributed by atoms with Gasteiger partial charge in [-0.25, -0.2) is 0 Å². The molecule has 4 N–H and O–H groups in total. The van der Waals surface area contributed by atoms with Crippen LogP contribution in [0.5, 0.6) is 0 Å². The number of rotatable bonds is 5. The summed E-state index contributed by atoms with van der Waals surface area (Å²) in [4.78, 5) is 26.0. The molecule has 1 aliphatic carbocycles. The highest BCUT2D eigenvalue weighted by molar-refractivity contribution is 5.91. The number of hydrogen-bond acceptors (Lipinski definition) is 4. The third-order valence-electron chi connectivity index (χ3n) is 3.47. The molecular formula is C13H17N3O3. The molecule has 2 rings (SSSR count). The molecule has 19 heavy (non-hydrogen) atoms. The number of carboxylic acids is 1. The third kappa shape index (κ3) is 3.21. The Morgan fingerprint density at radius 3 is 2.68 bits per heavy atom. The van der Waals surface area contributed by atoms with Gasteiger partial charge in [-0.1, -0.05) is 12.8 Å². The molecule has 1 heterocycles. The summed E-state index contributed by atoms with van der Waals surface area (Å²) in [6, 6.07) is 3.28. The number of nitrogens with zero attached hydrogens (tertiary/aromatic N) is 1. The van der Waals surface area contributed by atoms with Gasteiger partial charge in [-0.2, -0.15) is 0 Å².